The molecule has 0 aromatic carbocycles. The largest absolute Gasteiger partial charge is 0.254 e. The molecule has 0 aliphatic carbocycles. The van der Waals surface area contributed by atoms with Gasteiger partial charge in [0.25, 0.3) is 5.78 Å². The normalized spacial score (nSPS) is 12.3. The minimum Gasteiger partial charge on any atom is -0.215 e. The Bertz CT molecular complexity index is 510. The van der Waals surface area contributed by atoms with E-state index in [4.69, 9.17) is 11.6 Å². The van der Waals surface area contributed by atoms with E-state index >= 15 is 0 Å². The number of fused-ring (bicyclic) bond motifs is 1. The average Bonchev–Trinajstić information content (AvgIpc) is 2.44. The quantitative estimate of drug-likeness (QED) is 0.646. The average molecular weight is 225 g/mol. The van der Waals surface area contributed by atoms with E-state index in [0.717, 1.165) is 5.69 Å². The molecule has 0 bridgehead atoms. The first kappa shape index (κ1) is 10.4. The molecule has 0 saturated heterocycles. The maximum Gasteiger partial charge on any atom is 0.254 e. The Balaban J connectivity index is 2.72. The summed E-state index contributed by atoms with van der Waals surface area (Å²) in [6.07, 6.45) is 0. The number of halogens is 1. The summed E-state index contributed by atoms with van der Waals surface area (Å²) in [6, 6.07) is 1.84. The van der Waals surface area contributed by atoms with E-state index in [2.05, 4.69) is 35.8 Å². The second-order valence-electron chi connectivity index (χ2n) is 4.58. The second kappa shape index (κ2) is 3.17. The second-order valence-corrected chi connectivity index (χ2v) is 4.97. The highest BCUT2D eigenvalue weighted by atomic mass is 35.5. The van der Waals surface area contributed by atoms with E-state index < -0.39 is 0 Å². The van der Waals surface area contributed by atoms with E-state index in [1.807, 2.05) is 13.0 Å². The molecule has 2 aromatic rings. The first-order valence-corrected chi connectivity index (χ1v) is 5.16. The van der Waals surface area contributed by atoms with Crippen LogP contribution in [0.5, 0.6) is 0 Å². The van der Waals surface area contributed by atoms with Crippen molar-refractivity contribution in [2.45, 2.75) is 33.1 Å². The van der Waals surface area contributed by atoms with Crippen molar-refractivity contribution in [2.24, 2.45) is 0 Å². The Morgan fingerprint density at radius 3 is 2.53 bits per heavy atom. The number of aryl methyl sites for hydroxylation is 1. The first-order chi connectivity index (χ1) is 6.88. The van der Waals surface area contributed by atoms with Crippen molar-refractivity contribution in [1.29, 1.82) is 0 Å². The molecule has 2 rings (SSSR count). The lowest BCUT2D eigenvalue weighted by molar-refractivity contribution is 0.567. The van der Waals surface area contributed by atoms with Gasteiger partial charge in [-0.2, -0.15) is 9.50 Å². The molecule has 0 N–H and O–H groups in total. The molecule has 15 heavy (non-hydrogen) atoms. The van der Waals surface area contributed by atoms with Gasteiger partial charge >= 0.3 is 0 Å². The molecular formula is C10H13ClN4. The van der Waals surface area contributed by atoms with Crippen molar-refractivity contribution in [3.8, 4) is 0 Å². The summed E-state index contributed by atoms with van der Waals surface area (Å²) >= 11 is 6.10. The molecule has 0 fully saturated rings. The van der Waals surface area contributed by atoms with Crippen molar-refractivity contribution in [1.82, 2.24) is 19.6 Å². The van der Waals surface area contributed by atoms with Gasteiger partial charge < -0.3 is 0 Å². The number of hydrogen-bond donors (Lipinski definition) is 0. The molecule has 0 aliphatic heterocycles. The highest BCUT2D eigenvalue weighted by Gasteiger charge is 2.18. The molecule has 0 amide bonds. The van der Waals surface area contributed by atoms with Gasteiger partial charge in [0, 0.05) is 5.41 Å². The van der Waals surface area contributed by atoms with E-state index in [0.29, 0.717) is 16.8 Å². The fraction of sp³-hybridized carbons (Fsp3) is 0.500. The zero-order chi connectivity index (χ0) is 11.2. The molecular weight excluding hydrogens is 212 g/mol. The maximum atomic E-state index is 6.10. The minimum atomic E-state index is -0.0365. The number of rotatable bonds is 0. The Hall–Kier alpha value is -1.16. The van der Waals surface area contributed by atoms with Gasteiger partial charge in [0.05, 0.1) is 5.69 Å². The maximum absolute atomic E-state index is 6.10. The fourth-order valence-corrected chi connectivity index (χ4v) is 1.53. The molecule has 0 aliphatic rings. The third kappa shape index (κ3) is 1.81. The van der Waals surface area contributed by atoms with Gasteiger partial charge in [-0.1, -0.05) is 32.4 Å². The first-order valence-electron chi connectivity index (χ1n) is 4.78. The molecule has 0 radical (unpaired) electrons. The van der Waals surface area contributed by atoms with Crippen LogP contribution in [-0.4, -0.2) is 19.6 Å². The number of nitrogens with zero attached hydrogens (tertiary/aromatic N) is 4. The lowest BCUT2D eigenvalue weighted by Crippen LogP contribution is -2.14. The molecule has 80 valence electrons. The van der Waals surface area contributed by atoms with Crippen LogP contribution >= 0.6 is 11.6 Å². The predicted octanol–water partition coefficient (Wildman–Crippen LogP) is 2.38. The summed E-state index contributed by atoms with van der Waals surface area (Å²) < 4.78 is 1.55. The van der Waals surface area contributed by atoms with Crippen LogP contribution in [0.25, 0.3) is 5.78 Å². The lowest BCUT2D eigenvalue weighted by atomic mass is 9.92. The molecule has 2 aromatic heterocycles. The van der Waals surface area contributed by atoms with E-state index in [1.54, 1.807) is 4.52 Å². The summed E-state index contributed by atoms with van der Waals surface area (Å²) in [5, 5.41) is 4.69. The zero-order valence-corrected chi connectivity index (χ0v) is 10.0. The fourth-order valence-electron chi connectivity index (χ4n) is 1.32. The van der Waals surface area contributed by atoms with Crippen LogP contribution in [0.4, 0.5) is 0 Å². The van der Waals surface area contributed by atoms with Gasteiger partial charge in [0.1, 0.15) is 11.0 Å². The van der Waals surface area contributed by atoms with E-state index in [1.165, 1.54) is 0 Å². The van der Waals surface area contributed by atoms with Crippen LogP contribution in [0.15, 0.2) is 6.07 Å². The Morgan fingerprint density at radius 1 is 1.27 bits per heavy atom. The van der Waals surface area contributed by atoms with Crippen LogP contribution in [0.3, 0.4) is 0 Å². The van der Waals surface area contributed by atoms with Gasteiger partial charge in [-0.25, -0.2) is 4.98 Å². The van der Waals surface area contributed by atoms with Gasteiger partial charge in [0.15, 0.2) is 0 Å². The molecule has 2 heterocycles. The summed E-state index contributed by atoms with van der Waals surface area (Å²) in [5.41, 5.74) is 0.887. The molecule has 0 saturated carbocycles. The minimum absolute atomic E-state index is 0.0365. The van der Waals surface area contributed by atoms with Crippen LogP contribution < -0.4 is 0 Å². The molecule has 0 spiro atoms. The highest BCUT2D eigenvalue weighted by Crippen LogP contribution is 2.23. The monoisotopic (exact) mass is 224 g/mol. The van der Waals surface area contributed by atoms with Gasteiger partial charge in [-0.05, 0) is 13.0 Å². The standard InChI is InChI=1S/C10H13ClN4/c1-6-12-9-13-7(10(2,3)4)5-8(11)15(9)14-6/h5H,1-4H3. The van der Waals surface area contributed by atoms with E-state index in [9.17, 15) is 0 Å². The topological polar surface area (TPSA) is 43.1 Å². The van der Waals surface area contributed by atoms with Crippen molar-refractivity contribution >= 4 is 17.4 Å². The summed E-state index contributed by atoms with van der Waals surface area (Å²) in [5.74, 6) is 1.24. The van der Waals surface area contributed by atoms with Crippen LogP contribution in [0.1, 0.15) is 32.3 Å². The third-order valence-corrected chi connectivity index (χ3v) is 2.41. The number of hydrogen-bond acceptors (Lipinski definition) is 3. The molecule has 5 heteroatoms. The van der Waals surface area contributed by atoms with E-state index in [-0.39, 0.29) is 5.41 Å². The Kier molecular flexibility index (Phi) is 2.19. The molecule has 4 nitrogen and oxygen atoms in total. The van der Waals surface area contributed by atoms with Crippen molar-refractivity contribution in [3.63, 3.8) is 0 Å². The zero-order valence-electron chi connectivity index (χ0n) is 9.24. The van der Waals surface area contributed by atoms with Gasteiger partial charge in [0.2, 0.25) is 0 Å². The summed E-state index contributed by atoms with van der Waals surface area (Å²) in [7, 11) is 0. The highest BCUT2D eigenvalue weighted by molar-refractivity contribution is 6.29. The summed E-state index contributed by atoms with van der Waals surface area (Å²) in [4.78, 5) is 8.64. The van der Waals surface area contributed by atoms with Crippen molar-refractivity contribution in [2.75, 3.05) is 0 Å². The predicted molar refractivity (Wildman–Crippen MR) is 59.2 cm³/mol. The third-order valence-electron chi connectivity index (χ3n) is 2.14. The van der Waals surface area contributed by atoms with Gasteiger partial charge in [-0.3, -0.25) is 0 Å². The van der Waals surface area contributed by atoms with Gasteiger partial charge in [-0.15, -0.1) is 5.10 Å². The van der Waals surface area contributed by atoms with Crippen molar-refractivity contribution < 1.29 is 0 Å². The molecule has 0 unspecified atom stereocenters. The SMILES string of the molecule is Cc1nc2nc(C(C)(C)C)cc(Cl)n2n1. The Labute approximate surface area is 93.3 Å². The van der Waals surface area contributed by atoms with Crippen LogP contribution in [-0.2, 0) is 5.41 Å². The lowest BCUT2D eigenvalue weighted by Gasteiger charge is -2.17. The van der Waals surface area contributed by atoms with Crippen LogP contribution in [0.2, 0.25) is 5.15 Å². The van der Waals surface area contributed by atoms with Crippen molar-refractivity contribution in [3.05, 3.63) is 22.7 Å². The molecule has 0 atom stereocenters. The number of aromatic nitrogens is 4. The van der Waals surface area contributed by atoms with Crippen LogP contribution in [0, 0.1) is 6.92 Å². The smallest absolute Gasteiger partial charge is 0.215 e. The summed E-state index contributed by atoms with van der Waals surface area (Å²) in [6.45, 7) is 8.09. The Morgan fingerprint density at radius 2 is 1.93 bits per heavy atom.